The molecule has 0 radical (unpaired) electrons. The predicted molar refractivity (Wildman–Crippen MR) is 86.9 cm³/mol. The molecule has 24 heavy (non-hydrogen) atoms. The fourth-order valence-corrected chi connectivity index (χ4v) is 2.68. The maximum Gasteiger partial charge on any atom is 0.320 e. The van der Waals surface area contributed by atoms with Crippen molar-refractivity contribution in [3.8, 4) is 0 Å². The zero-order chi connectivity index (χ0) is 17.6. The molecule has 0 spiro atoms. The maximum atomic E-state index is 11.9. The number of nitro benzene ring substituents is 1. The monoisotopic (exact) mass is 350 g/mol. The van der Waals surface area contributed by atoms with E-state index >= 15 is 0 Å². The van der Waals surface area contributed by atoms with Crippen LogP contribution in [0.3, 0.4) is 0 Å². The van der Waals surface area contributed by atoms with Crippen LogP contribution < -0.4 is 15.4 Å². The van der Waals surface area contributed by atoms with Gasteiger partial charge in [-0.25, -0.2) is 13.2 Å². The minimum atomic E-state index is -3.71. The molecule has 10 heteroatoms. The number of carbonyl (C=O) groups is 1. The first-order valence-corrected chi connectivity index (χ1v) is 8.21. The number of amides is 2. The fraction of sp³-hybridized carbons (Fsp3) is 0.0714. The van der Waals surface area contributed by atoms with Crippen LogP contribution in [-0.4, -0.2) is 26.0 Å². The van der Waals surface area contributed by atoms with E-state index in [0.717, 1.165) is 0 Å². The SMILES string of the molecule is O=C(NCNS(=O)(=O)c1ccccc1)Nc1ccc([N+](=O)[O-])cc1. The molecule has 0 fully saturated rings. The lowest BCUT2D eigenvalue weighted by Crippen LogP contribution is -2.39. The Hall–Kier alpha value is -2.98. The summed E-state index contributed by atoms with van der Waals surface area (Å²) in [7, 11) is -3.71. The highest BCUT2D eigenvalue weighted by atomic mass is 32.2. The molecule has 126 valence electrons. The number of rotatable bonds is 6. The highest BCUT2D eigenvalue weighted by molar-refractivity contribution is 7.89. The molecular weight excluding hydrogens is 336 g/mol. The normalized spacial score (nSPS) is 10.8. The van der Waals surface area contributed by atoms with Gasteiger partial charge in [-0.15, -0.1) is 0 Å². The van der Waals surface area contributed by atoms with Crippen molar-refractivity contribution in [1.29, 1.82) is 0 Å². The van der Waals surface area contributed by atoms with E-state index in [1.807, 2.05) is 0 Å². The number of nitrogens with one attached hydrogen (secondary N) is 3. The molecule has 0 aliphatic carbocycles. The number of carbonyl (C=O) groups excluding carboxylic acids is 1. The van der Waals surface area contributed by atoms with Crippen molar-refractivity contribution < 1.29 is 18.1 Å². The first-order chi connectivity index (χ1) is 11.4. The van der Waals surface area contributed by atoms with Gasteiger partial charge in [0.2, 0.25) is 10.0 Å². The van der Waals surface area contributed by atoms with Gasteiger partial charge in [0.1, 0.15) is 0 Å². The van der Waals surface area contributed by atoms with Gasteiger partial charge in [0, 0.05) is 17.8 Å². The number of nitrogens with zero attached hydrogens (tertiary/aromatic N) is 1. The lowest BCUT2D eigenvalue weighted by molar-refractivity contribution is -0.384. The number of hydrogen-bond donors (Lipinski definition) is 3. The highest BCUT2D eigenvalue weighted by Gasteiger charge is 2.13. The van der Waals surface area contributed by atoms with Gasteiger partial charge >= 0.3 is 6.03 Å². The third-order valence-corrected chi connectivity index (χ3v) is 4.32. The molecule has 0 aliphatic heterocycles. The van der Waals surface area contributed by atoms with Crippen molar-refractivity contribution in [1.82, 2.24) is 10.0 Å². The van der Waals surface area contributed by atoms with Crippen molar-refractivity contribution in [2.24, 2.45) is 0 Å². The third kappa shape index (κ3) is 4.76. The molecule has 0 heterocycles. The number of hydrogen-bond acceptors (Lipinski definition) is 5. The Morgan fingerprint density at radius 1 is 1.04 bits per heavy atom. The first kappa shape index (κ1) is 17.4. The van der Waals surface area contributed by atoms with Crippen LogP contribution in [-0.2, 0) is 10.0 Å². The van der Waals surface area contributed by atoms with Crippen molar-refractivity contribution in [3.05, 3.63) is 64.7 Å². The smallest absolute Gasteiger partial charge is 0.320 e. The molecule has 0 aromatic heterocycles. The summed E-state index contributed by atoms with van der Waals surface area (Å²) in [4.78, 5) is 21.7. The minimum Gasteiger partial charge on any atom is -0.324 e. The molecule has 0 aliphatic rings. The Labute approximate surface area is 137 Å². The van der Waals surface area contributed by atoms with Crippen LogP contribution in [0.4, 0.5) is 16.2 Å². The molecule has 2 aromatic carbocycles. The summed E-state index contributed by atoms with van der Waals surface area (Å²) in [6.45, 7) is -0.309. The molecule has 2 rings (SSSR count). The van der Waals surface area contributed by atoms with Gasteiger partial charge in [0.25, 0.3) is 5.69 Å². The molecule has 0 saturated carbocycles. The van der Waals surface area contributed by atoms with Crippen molar-refractivity contribution >= 4 is 27.4 Å². The third-order valence-electron chi connectivity index (χ3n) is 2.90. The Morgan fingerprint density at radius 2 is 1.67 bits per heavy atom. The molecule has 0 atom stereocenters. The molecule has 3 N–H and O–H groups in total. The molecule has 0 bridgehead atoms. The van der Waals surface area contributed by atoms with Gasteiger partial charge in [-0.05, 0) is 24.3 Å². The van der Waals surface area contributed by atoms with Crippen molar-refractivity contribution in [2.75, 3.05) is 12.0 Å². The van der Waals surface area contributed by atoms with Crippen LogP contribution in [0.15, 0.2) is 59.5 Å². The zero-order valence-electron chi connectivity index (χ0n) is 12.3. The topological polar surface area (TPSA) is 130 Å². The van der Waals surface area contributed by atoms with Gasteiger partial charge < -0.3 is 10.6 Å². The highest BCUT2D eigenvalue weighted by Crippen LogP contribution is 2.15. The van der Waals surface area contributed by atoms with Gasteiger partial charge in [-0.3, -0.25) is 10.1 Å². The van der Waals surface area contributed by atoms with E-state index in [-0.39, 0.29) is 17.3 Å². The number of anilines is 1. The Bertz CT molecular complexity index is 822. The van der Waals surface area contributed by atoms with Crippen LogP contribution in [0, 0.1) is 10.1 Å². The van der Waals surface area contributed by atoms with Gasteiger partial charge in [0.15, 0.2) is 0 Å². The maximum absolute atomic E-state index is 11.9. The van der Waals surface area contributed by atoms with Crippen LogP contribution in [0.1, 0.15) is 0 Å². The van der Waals surface area contributed by atoms with E-state index in [1.165, 1.54) is 36.4 Å². The van der Waals surface area contributed by atoms with Crippen LogP contribution in [0.2, 0.25) is 0 Å². The number of nitro groups is 1. The molecule has 9 nitrogen and oxygen atoms in total. The van der Waals surface area contributed by atoms with Crippen LogP contribution in [0.5, 0.6) is 0 Å². The second-order valence-corrected chi connectivity index (χ2v) is 6.34. The van der Waals surface area contributed by atoms with Crippen LogP contribution in [0.25, 0.3) is 0 Å². The Morgan fingerprint density at radius 3 is 2.25 bits per heavy atom. The van der Waals surface area contributed by atoms with Crippen molar-refractivity contribution in [3.63, 3.8) is 0 Å². The molecular formula is C14H14N4O5S. The summed E-state index contributed by atoms with van der Waals surface area (Å²) in [5.41, 5.74) is 0.237. The zero-order valence-corrected chi connectivity index (χ0v) is 13.1. The largest absolute Gasteiger partial charge is 0.324 e. The number of sulfonamides is 1. The summed E-state index contributed by atoms with van der Waals surface area (Å²) in [6, 6.07) is 12.3. The van der Waals surface area contributed by atoms with Gasteiger partial charge in [0.05, 0.1) is 16.5 Å². The lowest BCUT2D eigenvalue weighted by atomic mass is 10.3. The summed E-state index contributed by atoms with van der Waals surface area (Å²) in [5, 5.41) is 15.3. The van der Waals surface area contributed by atoms with E-state index in [4.69, 9.17) is 0 Å². The first-order valence-electron chi connectivity index (χ1n) is 6.72. The van der Waals surface area contributed by atoms with Gasteiger partial charge in [-0.1, -0.05) is 18.2 Å². The minimum absolute atomic E-state index is 0.0857. The molecule has 0 unspecified atom stereocenters. The van der Waals surface area contributed by atoms with E-state index in [9.17, 15) is 23.3 Å². The Balaban J connectivity index is 1.84. The Kier molecular flexibility index (Phi) is 5.45. The average molecular weight is 350 g/mol. The lowest BCUT2D eigenvalue weighted by Gasteiger charge is -2.09. The summed E-state index contributed by atoms with van der Waals surface area (Å²) >= 11 is 0. The van der Waals surface area contributed by atoms with E-state index in [0.29, 0.717) is 5.69 Å². The molecule has 2 aromatic rings. The van der Waals surface area contributed by atoms with Gasteiger partial charge in [-0.2, -0.15) is 4.72 Å². The number of non-ortho nitro benzene ring substituents is 1. The summed E-state index contributed by atoms with van der Waals surface area (Å²) in [6.07, 6.45) is 0. The fourth-order valence-electron chi connectivity index (χ4n) is 1.74. The molecule has 0 saturated heterocycles. The average Bonchev–Trinajstić information content (AvgIpc) is 2.56. The number of benzene rings is 2. The predicted octanol–water partition coefficient (Wildman–Crippen LogP) is 1.65. The molecule has 2 amide bonds. The summed E-state index contributed by atoms with van der Waals surface area (Å²) in [5.74, 6) is 0. The van der Waals surface area contributed by atoms with Crippen LogP contribution >= 0.6 is 0 Å². The van der Waals surface area contributed by atoms with Crippen molar-refractivity contribution in [2.45, 2.75) is 4.90 Å². The second kappa shape index (κ2) is 7.53. The quantitative estimate of drug-likeness (QED) is 0.414. The van der Waals surface area contributed by atoms with E-state index in [1.54, 1.807) is 18.2 Å². The number of urea groups is 1. The van der Waals surface area contributed by atoms with E-state index < -0.39 is 21.0 Å². The standard InChI is InChI=1S/C14H14N4O5S/c19-14(17-11-6-8-12(9-7-11)18(20)21)15-10-16-24(22,23)13-4-2-1-3-5-13/h1-9,16H,10H2,(H2,15,17,19). The second-order valence-electron chi connectivity index (χ2n) is 4.57. The summed E-state index contributed by atoms with van der Waals surface area (Å²) < 4.78 is 26.1. The van der Waals surface area contributed by atoms with E-state index in [2.05, 4.69) is 15.4 Å².